The number of rotatable bonds is 2. The van der Waals surface area contributed by atoms with Gasteiger partial charge in [0, 0.05) is 6.61 Å². The maximum absolute atomic E-state index is 7.57. The first-order chi connectivity index (χ1) is 4.18. The largest absolute Gasteiger partial charge is 0.397 e. The fourth-order valence-electron chi connectivity index (χ4n) is 0.577. The molecule has 0 heterocycles. The molecule has 9 heavy (non-hydrogen) atoms. The maximum atomic E-state index is 7.57. The lowest BCUT2D eigenvalue weighted by molar-refractivity contribution is 0.318. The highest BCUT2D eigenvalue weighted by Crippen LogP contribution is 2.00. The topological polar surface area (TPSA) is 20.2 Å². The molecule has 0 aliphatic heterocycles. The number of aliphatic hydroxyl groups is 1. The van der Waals surface area contributed by atoms with Crippen LogP contribution >= 0.6 is 0 Å². The summed E-state index contributed by atoms with van der Waals surface area (Å²) in [6.07, 6.45) is 2.71. The molecule has 0 fully saturated rings. The Kier molecular flexibility index (Phi) is 14.1. The molecule has 1 N–H and O–H groups in total. The predicted molar refractivity (Wildman–Crippen MR) is 42.5 cm³/mol. The van der Waals surface area contributed by atoms with E-state index < -0.39 is 0 Å². The monoisotopic (exact) mass is 132 g/mol. The summed E-state index contributed by atoms with van der Waals surface area (Å²) in [5.74, 6) is 0.898. The molecule has 58 valence electrons. The van der Waals surface area contributed by atoms with Crippen molar-refractivity contribution in [3.63, 3.8) is 0 Å². The van der Waals surface area contributed by atoms with Crippen LogP contribution in [0.2, 0.25) is 0 Å². The molecule has 0 aliphatic carbocycles. The van der Waals surface area contributed by atoms with Crippen LogP contribution in [0.3, 0.4) is 0 Å². The van der Waals surface area contributed by atoms with E-state index in [1.165, 1.54) is 12.8 Å². The summed E-state index contributed by atoms with van der Waals surface area (Å²) in [6.45, 7) is 8.66. The third kappa shape index (κ3) is 32.3. The highest BCUT2D eigenvalue weighted by molar-refractivity contribution is 4.38. The van der Waals surface area contributed by atoms with E-state index in [9.17, 15) is 0 Å². The third-order valence-corrected chi connectivity index (χ3v) is 0.866. The molecule has 0 rings (SSSR count). The normalized spacial score (nSPS) is 8.67. The van der Waals surface area contributed by atoms with E-state index in [4.69, 9.17) is 5.11 Å². The standard InChI is InChI=1S/C6H14.C2H6O/c1-4-5-6(2)3;1-2-3/h6H,4-5H2,1-3H3;3H,2H2,1H3. The zero-order valence-corrected chi connectivity index (χ0v) is 7.15. The summed E-state index contributed by atoms with van der Waals surface area (Å²) in [6, 6.07) is 0. The van der Waals surface area contributed by atoms with Gasteiger partial charge in [0.15, 0.2) is 0 Å². The highest BCUT2D eigenvalue weighted by Gasteiger charge is 1.85. The molecule has 1 nitrogen and oxygen atoms in total. The van der Waals surface area contributed by atoms with Crippen LogP contribution in [0.15, 0.2) is 0 Å². The first-order valence-electron chi connectivity index (χ1n) is 3.79. The second kappa shape index (κ2) is 10.9. The molecule has 0 bridgehead atoms. The van der Waals surface area contributed by atoms with Crippen LogP contribution in [-0.4, -0.2) is 11.7 Å². The summed E-state index contributed by atoms with van der Waals surface area (Å²) in [7, 11) is 0. The van der Waals surface area contributed by atoms with Gasteiger partial charge < -0.3 is 5.11 Å². The number of aliphatic hydroxyl groups excluding tert-OH is 1. The molecule has 0 spiro atoms. The lowest BCUT2D eigenvalue weighted by atomic mass is 10.1. The van der Waals surface area contributed by atoms with E-state index in [2.05, 4.69) is 20.8 Å². The first kappa shape index (κ1) is 11.7. The smallest absolute Gasteiger partial charge is 0.0402 e. The molecular weight excluding hydrogens is 112 g/mol. The number of hydrogen-bond donors (Lipinski definition) is 1. The van der Waals surface area contributed by atoms with Gasteiger partial charge in [-0.1, -0.05) is 33.6 Å². The number of hydrogen-bond acceptors (Lipinski definition) is 1. The van der Waals surface area contributed by atoms with Gasteiger partial charge >= 0.3 is 0 Å². The van der Waals surface area contributed by atoms with Gasteiger partial charge in [0.1, 0.15) is 0 Å². The van der Waals surface area contributed by atoms with Crippen LogP contribution in [0.5, 0.6) is 0 Å². The second-order valence-electron chi connectivity index (χ2n) is 2.50. The molecule has 0 saturated heterocycles. The summed E-state index contributed by atoms with van der Waals surface area (Å²) in [4.78, 5) is 0. The van der Waals surface area contributed by atoms with Crippen molar-refractivity contribution in [2.45, 2.75) is 40.5 Å². The SMILES string of the molecule is CCCC(C)C.CCO. The molecule has 0 radical (unpaired) electrons. The summed E-state index contributed by atoms with van der Waals surface area (Å²) in [5, 5.41) is 7.57. The van der Waals surface area contributed by atoms with Crippen molar-refractivity contribution in [3.05, 3.63) is 0 Å². The Bertz CT molecular complexity index is 33.5. The minimum atomic E-state index is 0.250. The van der Waals surface area contributed by atoms with Crippen LogP contribution in [0, 0.1) is 5.92 Å². The van der Waals surface area contributed by atoms with Crippen LogP contribution < -0.4 is 0 Å². The summed E-state index contributed by atoms with van der Waals surface area (Å²) >= 11 is 0. The summed E-state index contributed by atoms with van der Waals surface area (Å²) < 4.78 is 0. The van der Waals surface area contributed by atoms with Crippen LogP contribution in [0.25, 0.3) is 0 Å². The average Bonchev–Trinajstić information content (AvgIpc) is 1.67. The van der Waals surface area contributed by atoms with E-state index >= 15 is 0 Å². The van der Waals surface area contributed by atoms with Gasteiger partial charge in [0.25, 0.3) is 0 Å². The minimum Gasteiger partial charge on any atom is -0.397 e. The van der Waals surface area contributed by atoms with Crippen molar-refractivity contribution >= 4 is 0 Å². The Balaban J connectivity index is 0. The van der Waals surface area contributed by atoms with E-state index in [0.717, 1.165) is 5.92 Å². The van der Waals surface area contributed by atoms with Crippen molar-refractivity contribution in [2.24, 2.45) is 5.92 Å². The zero-order valence-electron chi connectivity index (χ0n) is 7.15. The molecule has 0 aliphatic rings. The van der Waals surface area contributed by atoms with Crippen LogP contribution in [-0.2, 0) is 0 Å². The second-order valence-corrected chi connectivity index (χ2v) is 2.50. The Morgan fingerprint density at radius 2 is 1.56 bits per heavy atom. The summed E-state index contributed by atoms with van der Waals surface area (Å²) in [5.41, 5.74) is 0. The molecule has 0 aromatic heterocycles. The molecule has 0 aromatic carbocycles. The molecule has 0 aromatic rings. The Labute approximate surface area is 59.1 Å². The van der Waals surface area contributed by atoms with Gasteiger partial charge in [0.2, 0.25) is 0 Å². The molecule has 0 unspecified atom stereocenters. The van der Waals surface area contributed by atoms with Gasteiger partial charge in [-0.25, -0.2) is 0 Å². The third-order valence-electron chi connectivity index (χ3n) is 0.866. The van der Waals surface area contributed by atoms with Gasteiger partial charge in [-0.3, -0.25) is 0 Å². The molecular formula is C8H20O. The van der Waals surface area contributed by atoms with Gasteiger partial charge in [-0.2, -0.15) is 0 Å². The van der Waals surface area contributed by atoms with Gasteiger partial charge in [-0.15, -0.1) is 0 Å². The molecule has 0 amide bonds. The fraction of sp³-hybridized carbons (Fsp3) is 1.00. The lowest BCUT2D eigenvalue weighted by Gasteiger charge is -1.95. The van der Waals surface area contributed by atoms with Crippen molar-refractivity contribution in [2.75, 3.05) is 6.61 Å². The van der Waals surface area contributed by atoms with Crippen molar-refractivity contribution in [3.8, 4) is 0 Å². The highest BCUT2D eigenvalue weighted by atomic mass is 16.2. The zero-order chi connectivity index (χ0) is 7.70. The maximum Gasteiger partial charge on any atom is 0.0402 e. The van der Waals surface area contributed by atoms with E-state index in [1.54, 1.807) is 6.92 Å². The minimum absolute atomic E-state index is 0.250. The van der Waals surface area contributed by atoms with E-state index in [-0.39, 0.29) is 6.61 Å². The van der Waals surface area contributed by atoms with Gasteiger partial charge in [0.05, 0.1) is 0 Å². The quantitative estimate of drug-likeness (QED) is 0.612. The van der Waals surface area contributed by atoms with Crippen molar-refractivity contribution in [1.82, 2.24) is 0 Å². The Morgan fingerprint density at radius 1 is 1.22 bits per heavy atom. The Morgan fingerprint density at radius 3 is 1.56 bits per heavy atom. The molecule has 1 heteroatoms. The van der Waals surface area contributed by atoms with Gasteiger partial charge in [-0.05, 0) is 12.8 Å². The molecule has 0 saturated carbocycles. The molecule has 0 atom stereocenters. The van der Waals surface area contributed by atoms with E-state index in [0.29, 0.717) is 0 Å². The fourth-order valence-corrected chi connectivity index (χ4v) is 0.577. The van der Waals surface area contributed by atoms with Crippen LogP contribution in [0.1, 0.15) is 40.5 Å². The van der Waals surface area contributed by atoms with E-state index in [1.807, 2.05) is 0 Å². The van der Waals surface area contributed by atoms with Crippen LogP contribution in [0.4, 0.5) is 0 Å². The lowest BCUT2D eigenvalue weighted by Crippen LogP contribution is -1.81. The first-order valence-corrected chi connectivity index (χ1v) is 3.79. The van der Waals surface area contributed by atoms with Crippen molar-refractivity contribution in [1.29, 1.82) is 0 Å². The van der Waals surface area contributed by atoms with Crippen molar-refractivity contribution < 1.29 is 5.11 Å². The predicted octanol–water partition coefficient (Wildman–Crippen LogP) is 2.44. The average molecular weight is 132 g/mol. The Hall–Kier alpha value is -0.0400.